The summed E-state index contributed by atoms with van der Waals surface area (Å²) in [5, 5.41) is 3.75. The molecule has 0 unspecified atom stereocenters. The first-order valence-electron chi connectivity index (χ1n) is 4.83. The van der Waals surface area contributed by atoms with E-state index in [0.29, 0.717) is 0 Å². The van der Waals surface area contributed by atoms with Gasteiger partial charge in [-0.2, -0.15) is 0 Å². The van der Waals surface area contributed by atoms with Crippen LogP contribution in [0.4, 0.5) is 0 Å². The Morgan fingerprint density at radius 1 is 1.31 bits per heavy atom. The number of nitrogens with zero attached hydrogens (tertiary/aromatic N) is 4. The van der Waals surface area contributed by atoms with E-state index in [1.54, 1.807) is 0 Å². The maximum Gasteiger partial charge on any atom is 0.0398 e. The van der Waals surface area contributed by atoms with Crippen LogP contribution in [0.1, 0.15) is 33.6 Å². The smallest absolute Gasteiger partial charge is 0.0398 e. The van der Waals surface area contributed by atoms with Crippen LogP contribution in [0.25, 0.3) is 10.4 Å². The summed E-state index contributed by atoms with van der Waals surface area (Å²) in [5.74, 6) is 0. The molecule has 0 saturated carbocycles. The summed E-state index contributed by atoms with van der Waals surface area (Å²) in [6, 6.07) is 0.226. The number of rotatable bonds is 1. The number of piperidine rings is 1. The van der Waals surface area contributed by atoms with E-state index in [4.69, 9.17) is 5.53 Å². The van der Waals surface area contributed by atoms with Gasteiger partial charge in [-0.05, 0) is 52.2 Å². The fourth-order valence-corrected chi connectivity index (χ4v) is 1.73. The van der Waals surface area contributed by atoms with E-state index in [9.17, 15) is 0 Å². The first kappa shape index (κ1) is 10.4. The maximum absolute atomic E-state index is 8.29. The number of hydrogen-bond donors (Lipinski definition) is 0. The molecular formula is C9H18N4. The first-order valence-corrected chi connectivity index (χ1v) is 4.83. The Morgan fingerprint density at radius 2 is 1.85 bits per heavy atom. The van der Waals surface area contributed by atoms with Gasteiger partial charge in [0.15, 0.2) is 0 Å². The molecule has 1 rings (SSSR count). The van der Waals surface area contributed by atoms with Crippen molar-refractivity contribution in [3.63, 3.8) is 0 Å². The van der Waals surface area contributed by atoms with Crippen molar-refractivity contribution in [3.05, 3.63) is 10.4 Å². The highest BCUT2D eigenvalue weighted by Crippen LogP contribution is 2.21. The second-order valence-electron chi connectivity index (χ2n) is 4.59. The van der Waals surface area contributed by atoms with Gasteiger partial charge in [0.1, 0.15) is 0 Å². The topological polar surface area (TPSA) is 52.0 Å². The molecule has 13 heavy (non-hydrogen) atoms. The van der Waals surface area contributed by atoms with E-state index in [0.717, 1.165) is 25.9 Å². The van der Waals surface area contributed by atoms with Gasteiger partial charge in [0.25, 0.3) is 0 Å². The molecule has 0 aromatic rings. The molecule has 1 aliphatic rings. The molecule has 4 nitrogen and oxygen atoms in total. The van der Waals surface area contributed by atoms with Crippen LogP contribution in [0.2, 0.25) is 0 Å². The Bertz CT molecular complexity index is 204. The summed E-state index contributed by atoms with van der Waals surface area (Å²) >= 11 is 0. The standard InChI is InChI=1S/C9H18N4/c1-9(2,3)13-6-4-8(5-7-13)11-12-10/h8H,4-7H2,1-3H3. The predicted octanol–water partition coefficient (Wildman–Crippen LogP) is 2.56. The summed E-state index contributed by atoms with van der Waals surface area (Å²) in [6.45, 7) is 8.77. The molecule has 0 N–H and O–H groups in total. The van der Waals surface area contributed by atoms with Crippen LogP contribution in [0, 0.1) is 0 Å². The third-order valence-corrected chi connectivity index (χ3v) is 2.63. The summed E-state index contributed by atoms with van der Waals surface area (Å²) in [7, 11) is 0. The maximum atomic E-state index is 8.29. The molecular weight excluding hydrogens is 164 g/mol. The van der Waals surface area contributed by atoms with Gasteiger partial charge in [-0.1, -0.05) is 5.11 Å². The van der Waals surface area contributed by atoms with Crippen LogP contribution in [-0.4, -0.2) is 29.6 Å². The summed E-state index contributed by atoms with van der Waals surface area (Å²) in [4.78, 5) is 5.29. The van der Waals surface area contributed by atoms with E-state index in [-0.39, 0.29) is 11.6 Å². The van der Waals surface area contributed by atoms with Crippen molar-refractivity contribution in [1.29, 1.82) is 0 Å². The SMILES string of the molecule is CC(C)(C)N1CCC(N=[N+]=[N-])CC1. The van der Waals surface area contributed by atoms with Crippen molar-refractivity contribution >= 4 is 0 Å². The van der Waals surface area contributed by atoms with Gasteiger partial charge in [0, 0.05) is 16.5 Å². The van der Waals surface area contributed by atoms with E-state index < -0.39 is 0 Å². The lowest BCUT2D eigenvalue weighted by Crippen LogP contribution is -2.46. The Kier molecular flexibility index (Phi) is 3.17. The third kappa shape index (κ3) is 2.90. The van der Waals surface area contributed by atoms with Crippen LogP contribution in [0.3, 0.4) is 0 Å². The summed E-state index contributed by atoms with van der Waals surface area (Å²) in [6.07, 6.45) is 2.00. The second-order valence-corrected chi connectivity index (χ2v) is 4.59. The molecule has 0 aromatic heterocycles. The number of hydrogen-bond acceptors (Lipinski definition) is 2. The molecule has 0 bridgehead atoms. The zero-order chi connectivity index (χ0) is 9.90. The first-order chi connectivity index (χ1) is 6.04. The minimum absolute atomic E-state index is 0.226. The van der Waals surface area contributed by atoms with Crippen LogP contribution < -0.4 is 0 Å². The molecule has 1 fully saturated rings. The zero-order valence-corrected chi connectivity index (χ0v) is 8.69. The van der Waals surface area contributed by atoms with Crippen molar-refractivity contribution in [3.8, 4) is 0 Å². The van der Waals surface area contributed by atoms with Gasteiger partial charge in [0.2, 0.25) is 0 Å². The average molecular weight is 182 g/mol. The molecule has 0 atom stereocenters. The number of azide groups is 1. The van der Waals surface area contributed by atoms with Crippen LogP contribution in [0.5, 0.6) is 0 Å². The highest BCUT2D eigenvalue weighted by atomic mass is 15.2. The third-order valence-electron chi connectivity index (χ3n) is 2.63. The molecule has 0 amide bonds. The molecule has 1 heterocycles. The monoisotopic (exact) mass is 182 g/mol. The fourth-order valence-electron chi connectivity index (χ4n) is 1.73. The van der Waals surface area contributed by atoms with Crippen LogP contribution >= 0.6 is 0 Å². The molecule has 4 heteroatoms. The molecule has 0 aliphatic carbocycles. The quantitative estimate of drug-likeness (QED) is 0.349. The van der Waals surface area contributed by atoms with Crippen molar-refractivity contribution in [2.75, 3.05) is 13.1 Å². The normalized spacial score (nSPS) is 21.2. The molecule has 1 saturated heterocycles. The van der Waals surface area contributed by atoms with Crippen molar-refractivity contribution in [1.82, 2.24) is 4.90 Å². The van der Waals surface area contributed by atoms with Crippen LogP contribution in [-0.2, 0) is 0 Å². The van der Waals surface area contributed by atoms with Crippen molar-refractivity contribution in [2.45, 2.75) is 45.2 Å². The van der Waals surface area contributed by atoms with Gasteiger partial charge in [-0.15, -0.1) is 0 Å². The van der Waals surface area contributed by atoms with Gasteiger partial charge in [-0.25, -0.2) is 0 Å². The molecule has 1 aliphatic heterocycles. The summed E-state index contributed by atoms with van der Waals surface area (Å²) < 4.78 is 0. The van der Waals surface area contributed by atoms with E-state index in [1.807, 2.05) is 0 Å². The summed E-state index contributed by atoms with van der Waals surface area (Å²) in [5.41, 5.74) is 8.54. The number of likely N-dealkylation sites (tertiary alicyclic amines) is 1. The van der Waals surface area contributed by atoms with Gasteiger partial charge < -0.3 is 0 Å². The van der Waals surface area contributed by atoms with E-state index in [1.165, 1.54) is 0 Å². The lowest BCUT2D eigenvalue weighted by atomic mass is 9.99. The predicted molar refractivity (Wildman–Crippen MR) is 53.5 cm³/mol. The molecule has 0 spiro atoms. The van der Waals surface area contributed by atoms with E-state index in [2.05, 4.69) is 35.7 Å². The Balaban J connectivity index is 2.43. The zero-order valence-electron chi connectivity index (χ0n) is 8.69. The second kappa shape index (κ2) is 3.99. The average Bonchev–Trinajstić information content (AvgIpc) is 2.04. The van der Waals surface area contributed by atoms with Crippen molar-refractivity contribution < 1.29 is 0 Å². The largest absolute Gasteiger partial charge is 0.298 e. The Hall–Kier alpha value is -0.730. The lowest BCUT2D eigenvalue weighted by Gasteiger charge is -2.39. The highest BCUT2D eigenvalue weighted by molar-refractivity contribution is 4.84. The molecule has 0 radical (unpaired) electrons. The Morgan fingerprint density at radius 3 is 2.23 bits per heavy atom. The molecule has 0 aromatic carbocycles. The lowest BCUT2D eigenvalue weighted by molar-refractivity contribution is 0.103. The fraction of sp³-hybridized carbons (Fsp3) is 1.00. The molecule has 74 valence electrons. The van der Waals surface area contributed by atoms with E-state index >= 15 is 0 Å². The van der Waals surface area contributed by atoms with Gasteiger partial charge >= 0.3 is 0 Å². The highest BCUT2D eigenvalue weighted by Gasteiger charge is 2.26. The minimum atomic E-state index is 0.226. The van der Waals surface area contributed by atoms with Gasteiger partial charge in [0.05, 0.1) is 0 Å². The Labute approximate surface area is 79.5 Å². The van der Waals surface area contributed by atoms with Gasteiger partial charge in [-0.3, -0.25) is 4.90 Å². The van der Waals surface area contributed by atoms with Crippen molar-refractivity contribution in [2.24, 2.45) is 5.11 Å². The van der Waals surface area contributed by atoms with Crippen LogP contribution in [0.15, 0.2) is 5.11 Å². The minimum Gasteiger partial charge on any atom is -0.298 e.